The van der Waals surface area contributed by atoms with Crippen molar-refractivity contribution in [2.24, 2.45) is 0 Å². The summed E-state index contributed by atoms with van der Waals surface area (Å²) in [6.07, 6.45) is -2.01. The maximum Gasteiger partial charge on any atom is 0.433 e. The lowest BCUT2D eigenvalue weighted by Gasteiger charge is -2.13. The monoisotopic (exact) mass is 466 g/mol. The van der Waals surface area contributed by atoms with Gasteiger partial charge in [0.05, 0.1) is 12.2 Å². The van der Waals surface area contributed by atoms with Crippen LogP contribution in [0.1, 0.15) is 23.7 Å². The Morgan fingerprint density at radius 2 is 1.81 bits per heavy atom. The summed E-state index contributed by atoms with van der Waals surface area (Å²) in [6, 6.07) is 8.84. The lowest BCUT2D eigenvalue weighted by molar-refractivity contribution is -0.141. The predicted octanol–water partition coefficient (Wildman–Crippen LogP) is 3.38. The number of aryl methyl sites for hydroxylation is 1. The summed E-state index contributed by atoms with van der Waals surface area (Å²) in [5.41, 5.74) is 1.01. The van der Waals surface area contributed by atoms with Gasteiger partial charge in [0.2, 0.25) is 15.0 Å². The van der Waals surface area contributed by atoms with Crippen LogP contribution in [0.3, 0.4) is 0 Å². The molecule has 0 fully saturated rings. The molecule has 0 aliphatic carbocycles. The van der Waals surface area contributed by atoms with E-state index in [0.29, 0.717) is 6.07 Å². The van der Waals surface area contributed by atoms with Crippen LogP contribution in [0.25, 0.3) is 11.3 Å². The van der Waals surface area contributed by atoms with Gasteiger partial charge in [0.25, 0.3) is 5.56 Å². The first-order valence-electron chi connectivity index (χ1n) is 9.59. The van der Waals surface area contributed by atoms with Gasteiger partial charge in [-0.15, -0.1) is 0 Å². The fourth-order valence-corrected chi connectivity index (χ4v) is 3.70. The summed E-state index contributed by atoms with van der Waals surface area (Å²) >= 11 is 0. The van der Waals surface area contributed by atoms with Crippen molar-refractivity contribution in [3.8, 4) is 11.3 Å². The summed E-state index contributed by atoms with van der Waals surface area (Å²) in [5, 5.41) is 2.16. The first kappa shape index (κ1) is 23.5. The SMILES string of the molecule is CCc1cc(Cn2cc(-c3cc(C(F)(F)F)nc(S(C)(=O)=O)n3)ccc2=O)ccc1NC. The van der Waals surface area contributed by atoms with Gasteiger partial charge < -0.3 is 9.88 Å². The second kappa shape index (κ2) is 8.73. The first-order chi connectivity index (χ1) is 14.9. The molecule has 0 aliphatic heterocycles. The van der Waals surface area contributed by atoms with Crippen molar-refractivity contribution < 1.29 is 21.6 Å². The van der Waals surface area contributed by atoms with E-state index >= 15 is 0 Å². The molecule has 0 unspecified atom stereocenters. The summed E-state index contributed by atoms with van der Waals surface area (Å²) in [6.45, 7) is 2.18. The number of aromatic nitrogens is 3. The molecule has 170 valence electrons. The molecule has 0 bridgehead atoms. The van der Waals surface area contributed by atoms with E-state index in [4.69, 9.17) is 0 Å². The fourth-order valence-electron chi connectivity index (χ4n) is 3.17. The first-order valence-corrected chi connectivity index (χ1v) is 11.5. The highest BCUT2D eigenvalue weighted by Gasteiger charge is 2.35. The van der Waals surface area contributed by atoms with Crippen LogP contribution < -0.4 is 10.9 Å². The Bertz CT molecular complexity index is 1320. The van der Waals surface area contributed by atoms with E-state index in [9.17, 15) is 26.4 Å². The van der Waals surface area contributed by atoms with Gasteiger partial charge in [-0.3, -0.25) is 4.79 Å². The zero-order valence-electron chi connectivity index (χ0n) is 17.6. The summed E-state index contributed by atoms with van der Waals surface area (Å²) in [5.74, 6) is 0. The molecule has 11 heteroatoms. The van der Waals surface area contributed by atoms with E-state index in [0.717, 1.165) is 29.5 Å². The molecule has 32 heavy (non-hydrogen) atoms. The molecule has 7 nitrogen and oxygen atoms in total. The second-order valence-electron chi connectivity index (χ2n) is 7.17. The number of hydrogen-bond acceptors (Lipinski definition) is 6. The van der Waals surface area contributed by atoms with E-state index in [1.54, 1.807) is 0 Å². The van der Waals surface area contributed by atoms with Gasteiger partial charge in [-0.2, -0.15) is 13.2 Å². The molecular formula is C21H21F3N4O3S. The van der Waals surface area contributed by atoms with E-state index in [1.807, 2.05) is 32.2 Å². The quantitative estimate of drug-likeness (QED) is 0.560. The van der Waals surface area contributed by atoms with Crippen molar-refractivity contribution in [2.45, 2.75) is 31.2 Å². The highest BCUT2D eigenvalue weighted by atomic mass is 32.2. The number of halogens is 3. The number of hydrogen-bond donors (Lipinski definition) is 1. The van der Waals surface area contributed by atoms with E-state index in [2.05, 4.69) is 15.3 Å². The van der Waals surface area contributed by atoms with E-state index in [-0.39, 0.29) is 23.4 Å². The fraction of sp³-hybridized carbons (Fsp3) is 0.286. The molecule has 2 aromatic heterocycles. The zero-order valence-corrected chi connectivity index (χ0v) is 18.4. The molecule has 3 rings (SSSR count). The normalized spacial score (nSPS) is 12.1. The van der Waals surface area contributed by atoms with Crippen molar-refractivity contribution in [1.82, 2.24) is 14.5 Å². The van der Waals surface area contributed by atoms with Crippen LogP contribution in [-0.2, 0) is 29.0 Å². The molecular weight excluding hydrogens is 445 g/mol. The molecule has 0 spiro atoms. The molecule has 1 N–H and O–H groups in total. The minimum atomic E-state index is -4.86. The van der Waals surface area contributed by atoms with Gasteiger partial charge >= 0.3 is 6.18 Å². The van der Waals surface area contributed by atoms with Crippen LogP contribution in [-0.4, -0.2) is 36.3 Å². The van der Waals surface area contributed by atoms with Crippen LogP contribution in [0.5, 0.6) is 0 Å². The molecule has 0 aliphatic rings. The Kier molecular flexibility index (Phi) is 6.40. The maximum absolute atomic E-state index is 13.3. The number of pyridine rings is 1. The third-order valence-electron chi connectivity index (χ3n) is 4.78. The van der Waals surface area contributed by atoms with Gasteiger partial charge in [-0.05, 0) is 35.7 Å². The lowest BCUT2D eigenvalue weighted by Crippen LogP contribution is -2.20. The van der Waals surface area contributed by atoms with Crippen molar-refractivity contribution in [2.75, 3.05) is 18.6 Å². The predicted molar refractivity (Wildman–Crippen MR) is 114 cm³/mol. The highest BCUT2D eigenvalue weighted by Crippen LogP contribution is 2.31. The summed E-state index contributed by atoms with van der Waals surface area (Å²) in [4.78, 5) is 19.3. The van der Waals surface area contributed by atoms with E-state index < -0.39 is 26.9 Å². The summed E-state index contributed by atoms with van der Waals surface area (Å²) in [7, 11) is -2.28. The number of alkyl halides is 3. The number of benzene rings is 1. The molecule has 0 saturated heterocycles. The van der Waals surface area contributed by atoms with Crippen LogP contribution >= 0.6 is 0 Å². The maximum atomic E-state index is 13.3. The van der Waals surface area contributed by atoms with Crippen LogP contribution in [0.15, 0.2) is 52.5 Å². The zero-order chi connectivity index (χ0) is 23.7. The van der Waals surface area contributed by atoms with Crippen LogP contribution in [0.4, 0.5) is 18.9 Å². The molecule has 1 aromatic carbocycles. The average molecular weight is 466 g/mol. The van der Waals surface area contributed by atoms with Crippen molar-refractivity contribution in [3.63, 3.8) is 0 Å². The number of sulfone groups is 1. The topological polar surface area (TPSA) is 93.9 Å². The van der Waals surface area contributed by atoms with Crippen molar-refractivity contribution in [1.29, 1.82) is 0 Å². The molecule has 0 amide bonds. The van der Waals surface area contributed by atoms with Gasteiger partial charge in [-0.1, -0.05) is 19.1 Å². The average Bonchev–Trinajstić information content (AvgIpc) is 2.73. The standard InChI is InChI=1S/C21H21F3N4O3S/c1-4-14-9-13(5-7-16(14)25-2)11-28-12-15(6-8-19(28)29)17-10-18(21(22,23)24)27-20(26-17)32(3,30)31/h5-10,12,25H,4,11H2,1-3H3. The second-order valence-corrected chi connectivity index (χ2v) is 9.08. The smallest absolute Gasteiger partial charge is 0.388 e. The number of anilines is 1. The Balaban J connectivity index is 2.08. The third-order valence-corrected chi connectivity index (χ3v) is 5.63. The minimum Gasteiger partial charge on any atom is -0.388 e. The van der Waals surface area contributed by atoms with Crippen molar-refractivity contribution >= 4 is 15.5 Å². The minimum absolute atomic E-state index is 0.157. The molecule has 0 saturated carbocycles. The Hall–Kier alpha value is -3.21. The van der Waals surface area contributed by atoms with E-state index in [1.165, 1.54) is 22.9 Å². The lowest BCUT2D eigenvalue weighted by atomic mass is 10.1. The summed E-state index contributed by atoms with van der Waals surface area (Å²) < 4.78 is 64.8. The Morgan fingerprint density at radius 1 is 1.09 bits per heavy atom. The third kappa shape index (κ3) is 5.16. The van der Waals surface area contributed by atoms with Gasteiger partial charge in [0, 0.05) is 36.8 Å². The highest BCUT2D eigenvalue weighted by molar-refractivity contribution is 7.90. The van der Waals surface area contributed by atoms with Gasteiger partial charge in [0.15, 0.2) is 0 Å². The Morgan fingerprint density at radius 3 is 2.41 bits per heavy atom. The van der Waals surface area contributed by atoms with Crippen LogP contribution in [0, 0.1) is 0 Å². The molecule has 0 atom stereocenters. The number of rotatable bonds is 6. The van der Waals surface area contributed by atoms with Gasteiger partial charge in [-0.25, -0.2) is 18.4 Å². The molecule has 3 aromatic rings. The molecule has 2 heterocycles. The van der Waals surface area contributed by atoms with Crippen LogP contribution in [0.2, 0.25) is 0 Å². The van der Waals surface area contributed by atoms with Gasteiger partial charge in [0.1, 0.15) is 5.69 Å². The molecule has 0 radical (unpaired) electrons. The Labute approximate surface area is 182 Å². The largest absolute Gasteiger partial charge is 0.433 e. The number of nitrogens with zero attached hydrogens (tertiary/aromatic N) is 3. The number of nitrogens with one attached hydrogen (secondary N) is 1. The van der Waals surface area contributed by atoms with Crippen molar-refractivity contribution in [3.05, 3.63) is 69.8 Å².